The zero-order chi connectivity index (χ0) is 12.1. The van der Waals surface area contributed by atoms with Gasteiger partial charge < -0.3 is 4.74 Å². The van der Waals surface area contributed by atoms with Crippen molar-refractivity contribution in [1.82, 2.24) is 4.90 Å². The first kappa shape index (κ1) is 12.9. The van der Waals surface area contributed by atoms with E-state index in [4.69, 9.17) is 4.74 Å². The van der Waals surface area contributed by atoms with Crippen LogP contribution >= 0.6 is 0 Å². The number of piperidine rings is 1. The van der Waals surface area contributed by atoms with E-state index in [1.807, 2.05) is 0 Å². The highest BCUT2D eigenvalue weighted by Crippen LogP contribution is 2.29. The summed E-state index contributed by atoms with van der Waals surface area (Å²) in [7, 11) is 0. The van der Waals surface area contributed by atoms with Crippen LogP contribution in [0.1, 0.15) is 58.3 Å². The normalized spacial score (nSPS) is 30.5. The maximum absolute atomic E-state index is 11.5. The van der Waals surface area contributed by atoms with Crippen molar-refractivity contribution < 1.29 is 9.53 Å². The van der Waals surface area contributed by atoms with E-state index in [2.05, 4.69) is 11.8 Å². The number of cyclic esters (lactones) is 1. The molecule has 3 heteroatoms. The van der Waals surface area contributed by atoms with Gasteiger partial charge in [-0.25, -0.2) is 0 Å². The fraction of sp³-hybridized carbons (Fsp3) is 0.929. The molecule has 2 atom stereocenters. The molecule has 0 aliphatic carbocycles. The summed E-state index contributed by atoms with van der Waals surface area (Å²) in [5, 5.41) is 0. The van der Waals surface area contributed by atoms with Gasteiger partial charge in [-0.1, -0.05) is 32.6 Å². The maximum Gasteiger partial charge on any atom is 0.307 e. The van der Waals surface area contributed by atoms with Crippen LogP contribution in [0, 0.1) is 0 Å². The van der Waals surface area contributed by atoms with Gasteiger partial charge in [0.25, 0.3) is 0 Å². The topological polar surface area (TPSA) is 29.5 Å². The number of rotatable bonds is 4. The first-order chi connectivity index (χ1) is 8.31. The van der Waals surface area contributed by atoms with Gasteiger partial charge in [-0.05, 0) is 19.3 Å². The summed E-state index contributed by atoms with van der Waals surface area (Å²) in [6, 6.07) is 1.17. The molecule has 3 nitrogen and oxygen atoms in total. The monoisotopic (exact) mass is 239 g/mol. The molecule has 2 rings (SSSR count). The molecule has 0 radical (unpaired) electrons. The fourth-order valence-electron chi connectivity index (χ4n) is 3.26. The van der Waals surface area contributed by atoms with Crippen LogP contribution < -0.4 is 0 Å². The van der Waals surface area contributed by atoms with Crippen LogP contribution in [0.15, 0.2) is 0 Å². The average molecular weight is 239 g/mol. The van der Waals surface area contributed by atoms with Gasteiger partial charge in [0.2, 0.25) is 0 Å². The molecular formula is C14H25NO2. The second-order valence-corrected chi connectivity index (χ2v) is 5.40. The highest BCUT2D eigenvalue weighted by Gasteiger charge is 2.33. The molecular weight excluding hydrogens is 214 g/mol. The van der Waals surface area contributed by atoms with Crippen LogP contribution in [-0.2, 0) is 9.53 Å². The Labute approximate surface area is 105 Å². The van der Waals surface area contributed by atoms with E-state index >= 15 is 0 Å². The van der Waals surface area contributed by atoms with Gasteiger partial charge in [0.1, 0.15) is 6.61 Å². The number of unbranched alkanes of at least 4 members (excludes halogenated alkanes) is 2. The molecule has 2 saturated heterocycles. The third-order valence-corrected chi connectivity index (χ3v) is 4.17. The lowest BCUT2D eigenvalue weighted by molar-refractivity contribution is -0.142. The summed E-state index contributed by atoms with van der Waals surface area (Å²) in [5.74, 6) is 0.00621. The Morgan fingerprint density at radius 1 is 1.35 bits per heavy atom. The lowest BCUT2D eigenvalue weighted by atomic mass is 9.91. The Morgan fingerprint density at radius 3 is 3.06 bits per heavy atom. The van der Waals surface area contributed by atoms with E-state index < -0.39 is 0 Å². The van der Waals surface area contributed by atoms with Crippen molar-refractivity contribution in [2.75, 3.05) is 13.2 Å². The van der Waals surface area contributed by atoms with Crippen LogP contribution in [0.4, 0.5) is 0 Å². The third kappa shape index (κ3) is 3.44. The average Bonchev–Trinajstić information content (AvgIpc) is 2.50. The van der Waals surface area contributed by atoms with E-state index in [0.29, 0.717) is 25.1 Å². The molecule has 2 fully saturated rings. The molecule has 2 aliphatic rings. The quantitative estimate of drug-likeness (QED) is 0.558. The number of ether oxygens (including phenoxy) is 1. The molecule has 0 unspecified atom stereocenters. The minimum Gasteiger partial charge on any atom is -0.464 e. The fourth-order valence-corrected chi connectivity index (χ4v) is 3.26. The zero-order valence-corrected chi connectivity index (χ0v) is 11.0. The summed E-state index contributed by atoms with van der Waals surface area (Å²) < 4.78 is 5.19. The molecule has 98 valence electrons. The number of fused-ring (bicyclic) bond motifs is 1. The summed E-state index contributed by atoms with van der Waals surface area (Å²) in [4.78, 5) is 14.0. The van der Waals surface area contributed by atoms with Gasteiger partial charge in [-0.3, -0.25) is 9.69 Å². The van der Waals surface area contributed by atoms with Crippen molar-refractivity contribution in [3.05, 3.63) is 0 Å². The molecule has 2 heterocycles. The predicted molar refractivity (Wildman–Crippen MR) is 67.9 cm³/mol. The molecule has 0 spiro atoms. The van der Waals surface area contributed by atoms with Gasteiger partial charge in [-0.2, -0.15) is 0 Å². The van der Waals surface area contributed by atoms with Crippen LogP contribution in [0.25, 0.3) is 0 Å². The minimum atomic E-state index is 0.00621. The Kier molecular flexibility index (Phi) is 4.84. The first-order valence-corrected chi connectivity index (χ1v) is 7.22. The highest BCUT2D eigenvalue weighted by atomic mass is 16.5. The Morgan fingerprint density at radius 2 is 2.24 bits per heavy atom. The first-order valence-electron chi connectivity index (χ1n) is 7.22. The molecule has 0 aromatic heterocycles. The van der Waals surface area contributed by atoms with Crippen LogP contribution in [0.5, 0.6) is 0 Å². The van der Waals surface area contributed by atoms with E-state index in [-0.39, 0.29) is 5.97 Å². The maximum atomic E-state index is 11.5. The van der Waals surface area contributed by atoms with Gasteiger partial charge in [0.05, 0.1) is 6.42 Å². The van der Waals surface area contributed by atoms with Crippen molar-refractivity contribution in [2.45, 2.75) is 70.4 Å². The predicted octanol–water partition coefficient (Wildman–Crippen LogP) is 2.74. The van der Waals surface area contributed by atoms with Gasteiger partial charge in [0, 0.05) is 18.6 Å². The number of esters is 1. The molecule has 17 heavy (non-hydrogen) atoms. The molecule has 0 N–H and O–H groups in total. The van der Waals surface area contributed by atoms with Crippen LogP contribution in [0.2, 0.25) is 0 Å². The summed E-state index contributed by atoms with van der Waals surface area (Å²) >= 11 is 0. The van der Waals surface area contributed by atoms with E-state index in [0.717, 1.165) is 6.54 Å². The molecule has 2 aliphatic heterocycles. The van der Waals surface area contributed by atoms with E-state index in [1.54, 1.807) is 0 Å². The highest BCUT2D eigenvalue weighted by molar-refractivity contribution is 5.70. The van der Waals surface area contributed by atoms with Crippen molar-refractivity contribution in [2.24, 2.45) is 0 Å². The number of carbonyl (C=O) groups excluding carboxylic acids is 1. The second kappa shape index (κ2) is 6.39. The standard InChI is InChI=1S/C14H25NO2/c1-2-3-4-6-12-7-5-8-13-11-14(16)17-10-9-15(12)13/h12-13H,2-11H2,1H3/t12-,13-/m1/s1. The smallest absolute Gasteiger partial charge is 0.307 e. The van der Waals surface area contributed by atoms with Crippen LogP contribution in [-0.4, -0.2) is 36.1 Å². The number of hydrogen-bond acceptors (Lipinski definition) is 3. The largest absolute Gasteiger partial charge is 0.464 e. The van der Waals surface area contributed by atoms with Gasteiger partial charge >= 0.3 is 5.97 Å². The Hall–Kier alpha value is -0.570. The lowest BCUT2D eigenvalue weighted by Gasteiger charge is -2.40. The zero-order valence-electron chi connectivity index (χ0n) is 11.0. The van der Waals surface area contributed by atoms with E-state index in [1.165, 1.54) is 44.9 Å². The summed E-state index contributed by atoms with van der Waals surface area (Å²) in [5.41, 5.74) is 0. The molecule has 0 aromatic rings. The number of carbonyl (C=O) groups is 1. The van der Waals surface area contributed by atoms with Crippen molar-refractivity contribution in [3.8, 4) is 0 Å². The minimum absolute atomic E-state index is 0.00621. The Balaban J connectivity index is 1.90. The summed E-state index contributed by atoms with van der Waals surface area (Å²) in [6.07, 6.45) is 9.66. The van der Waals surface area contributed by atoms with Crippen molar-refractivity contribution >= 4 is 5.97 Å². The van der Waals surface area contributed by atoms with E-state index in [9.17, 15) is 4.79 Å². The molecule has 0 saturated carbocycles. The van der Waals surface area contributed by atoms with Crippen molar-refractivity contribution in [1.29, 1.82) is 0 Å². The number of nitrogens with zero attached hydrogens (tertiary/aromatic N) is 1. The lowest BCUT2D eigenvalue weighted by Crippen LogP contribution is -2.47. The second-order valence-electron chi connectivity index (χ2n) is 5.40. The van der Waals surface area contributed by atoms with Gasteiger partial charge in [0.15, 0.2) is 0 Å². The van der Waals surface area contributed by atoms with Gasteiger partial charge in [-0.15, -0.1) is 0 Å². The Bertz CT molecular complexity index is 255. The van der Waals surface area contributed by atoms with Crippen LogP contribution in [0.3, 0.4) is 0 Å². The van der Waals surface area contributed by atoms with Crippen molar-refractivity contribution in [3.63, 3.8) is 0 Å². The number of hydrogen-bond donors (Lipinski definition) is 0. The summed E-state index contributed by atoms with van der Waals surface area (Å²) in [6.45, 7) is 3.80. The molecule has 0 aromatic carbocycles. The third-order valence-electron chi connectivity index (χ3n) is 4.17. The molecule has 0 amide bonds. The molecule has 0 bridgehead atoms. The SMILES string of the molecule is CCCCC[C@@H]1CCC[C@@H]2CC(=O)OCCN12.